The molecule has 4 aromatic rings. The first-order valence-corrected chi connectivity index (χ1v) is 12.5. The maximum Gasteiger partial charge on any atom is 0.416 e. The third-order valence-electron chi connectivity index (χ3n) is 6.26. The van der Waals surface area contributed by atoms with Gasteiger partial charge in [0.25, 0.3) is 5.91 Å². The number of rotatable bonds is 5. The number of aromatic nitrogens is 4. The van der Waals surface area contributed by atoms with E-state index in [1.54, 1.807) is 49.8 Å². The highest BCUT2D eigenvalue weighted by atomic mass is 19.4. The average Bonchev–Trinajstić information content (AvgIpc) is 3.53. The van der Waals surface area contributed by atoms with Crippen molar-refractivity contribution < 1.29 is 32.0 Å². The molecule has 0 saturated carbocycles. The second-order valence-electron chi connectivity index (χ2n) is 10.5. The third-order valence-corrected chi connectivity index (χ3v) is 6.26. The van der Waals surface area contributed by atoms with Crippen molar-refractivity contribution >= 4 is 17.6 Å². The average molecular weight is 554 g/mol. The van der Waals surface area contributed by atoms with E-state index in [1.807, 2.05) is 6.92 Å². The summed E-state index contributed by atoms with van der Waals surface area (Å²) in [5, 5.41) is 8.47. The number of nitrogens with zero attached hydrogens (tertiary/aromatic N) is 5. The van der Waals surface area contributed by atoms with Gasteiger partial charge in [-0.1, -0.05) is 5.16 Å². The van der Waals surface area contributed by atoms with Crippen molar-refractivity contribution in [2.75, 3.05) is 11.4 Å². The molecule has 0 aliphatic carbocycles. The van der Waals surface area contributed by atoms with Crippen molar-refractivity contribution in [3.63, 3.8) is 0 Å². The molecule has 1 aliphatic rings. The summed E-state index contributed by atoms with van der Waals surface area (Å²) in [4.78, 5) is 31.4. The molecular weight excluding hydrogens is 527 g/mol. The van der Waals surface area contributed by atoms with Crippen LogP contribution in [0.15, 0.2) is 59.4 Å². The van der Waals surface area contributed by atoms with Gasteiger partial charge in [-0.3, -0.25) is 19.3 Å². The Hall–Kier alpha value is -4.48. The molecule has 12 heteroatoms. The summed E-state index contributed by atoms with van der Waals surface area (Å²) < 4.78 is 51.5. The molecule has 0 fully saturated rings. The van der Waals surface area contributed by atoms with Gasteiger partial charge in [0, 0.05) is 30.1 Å². The first-order chi connectivity index (χ1) is 18.8. The standard InChI is InChI=1S/C28H26F3N5O4/c1-16-15-35(20-9-6-18(7-10-20)28(29,30)31)26(38)25-21(14-33-36(16)25)23-12-22(34-40-23)17-5-8-19(32-13-17)11-24(37)39-27(2,3)4/h5-10,12-14,16H,11,15H2,1-4H3/t16-/m0/s1. The topological polar surface area (TPSA) is 103 Å². The lowest BCUT2D eigenvalue weighted by molar-refractivity contribution is -0.154. The summed E-state index contributed by atoms with van der Waals surface area (Å²) >= 11 is 0. The summed E-state index contributed by atoms with van der Waals surface area (Å²) in [6.45, 7) is 7.48. The molecule has 5 rings (SSSR count). The van der Waals surface area contributed by atoms with Crippen LogP contribution >= 0.6 is 0 Å². The molecule has 208 valence electrons. The van der Waals surface area contributed by atoms with E-state index < -0.39 is 23.2 Å². The predicted octanol–water partition coefficient (Wildman–Crippen LogP) is 5.72. The van der Waals surface area contributed by atoms with Crippen molar-refractivity contribution in [1.82, 2.24) is 19.9 Å². The highest BCUT2D eigenvalue weighted by molar-refractivity contribution is 6.09. The zero-order valence-corrected chi connectivity index (χ0v) is 22.2. The fourth-order valence-electron chi connectivity index (χ4n) is 4.44. The fourth-order valence-corrected chi connectivity index (χ4v) is 4.44. The molecule has 0 saturated heterocycles. The number of benzene rings is 1. The van der Waals surface area contributed by atoms with Gasteiger partial charge >= 0.3 is 12.1 Å². The SMILES string of the molecule is C[C@H]1CN(c2ccc(C(F)(F)F)cc2)C(=O)c2c(-c3cc(-c4ccc(CC(=O)OC(C)(C)C)nc4)no3)cnn21. The molecule has 0 N–H and O–H groups in total. The lowest BCUT2D eigenvalue weighted by atomic mass is 10.1. The highest BCUT2D eigenvalue weighted by Gasteiger charge is 2.36. The molecule has 1 atom stereocenters. The van der Waals surface area contributed by atoms with Crippen LogP contribution < -0.4 is 4.90 Å². The first kappa shape index (κ1) is 27.1. The molecule has 0 spiro atoms. The van der Waals surface area contributed by atoms with E-state index in [0.717, 1.165) is 12.1 Å². The van der Waals surface area contributed by atoms with Gasteiger partial charge in [-0.05, 0) is 64.1 Å². The Kier molecular flexibility index (Phi) is 6.72. The van der Waals surface area contributed by atoms with Gasteiger partial charge in [0.15, 0.2) is 5.76 Å². The Bertz CT molecular complexity index is 1550. The molecule has 9 nitrogen and oxygen atoms in total. The lowest BCUT2D eigenvalue weighted by Gasteiger charge is -2.32. The normalized spacial score (nSPS) is 15.7. The van der Waals surface area contributed by atoms with Crippen molar-refractivity contribution in [1.29, 1.82) is 0 Å². The van der Waals surface area contributed by atoms with Crippen molar-refractivity contribution in [2.45, 2.75) is 51.9 Å². The Balaban J connectivity index is 1.37. The molecule has 0 bridgehead atoms. The Morgan fingerprint density at radius 2 is 1.82 bits per heavy atom. The van der Waals surface area contributed by atoms with Gasteiger partial charge in [0.1, 0.15) is 17.0 Å². The number of ether oxygens (including phenoxy) is 1. The Labute approximate surface area is 227 Å². The van der Waals surface area contributed by atoms with E-state index in [1.165, 1.54) is 23.2 Å². The number of halogens is 3. The van der Waals surface area contributed by atoms with Crippen LogP contribution in [0.25, 0.3) is 22.6 Å². The number of pyridine rings is 1. The van der Waals surface area contributed by atoms with Crippen LogP contribution in [0.4, 0.5) is 18.9 Å². The van der Waals surface area contributed by atoms with Crippen molar-refractivity contribution in [2.24, 2.45) is 0 Å². The molecule has 0 radical (unpaired) electrons. The first-order valence-electron chi connectivity index (χ1n) is 12.5. The Morgan fingerprint density at radius 1 is 1.10 bits per heavy atom. The van der Waals surface area contributed by atoms with Crippen molar-refractivity contribution in [3.8, 4) is 22.6 Å². The van der Waals surface area contributed by atoms with E-state index in [0.29, 0.717) is 34.0 Å². The van der Waals surface area contributed by atoms with Gasteiger partial charge in [-0.2, -0.15) is 18.3 Å². The number of esters is 1. The number of anilines is 1. The van der Waals surface area contributed by atoms with E-state index >= 15 is 0 Å². The zero-order valence-electron chi connectivity index (χ0n) is 22.2. The minimum atomic E-state index is -4.47. The number of hydrogen-bond donors (Lipinski definition) is 0. The molecule has 1 aromatic carbocycles. The number of alkyl halides is 3. The zero-order chi connectivity index (χ0) is 28.8. The molecule has 3 aromatic heterocycles. The van der Waals surface area contributed by atoms with Crippen molar-refractivity contribution in [3.05, 3.63) is 71.8 Å². The van der Waals surface area contributed by atoms with Crippen LogP contribution in [0.5, 0.6) is 0 Å². The van der Waals surface area contributed by atoms with Crippen LogP contribution in [0.2, 0.25) is 0 Å². The highest BCUT2D eigenvalue weighted by Crippen LogP contribution is 2.36. The minimum absolute atomic E-state index is 0.0277. The number of carbonyl (C=O) groups excluding carboxylic acids is 2. The predicted molar refractivity (Wildman–Crippen MR) is 138 cm³/mol. The van der Waals surface area contributed by atoms with E-state index in [2.05, 4.69) is 15.2 Å². The number of fused-ring (bicyclic) bond motifs is 1. The summed E-state index contributed by atoms with van der Waals surface area (Å²) in [7, 11) is 0. The summed E-state index contributed by atoms with van der Waals surface area (Å²) in [5.74, 6) is -0.507. The van der Waals surface area contributed by atoms with E-state index in [4.69, 9.17) is 9.26 Å². The second-order valence-corrected chi connectivity index (χ2v) is 10.5. The van der Waals surface area contributed by atoms with Gasteiger partial charge in [-0.25, -0.2) is 0 Å². The monoisotopic (exact) mass is 553 g/mol. The van der Waals surface area contributed by atoms with Crippen LogP contribution in [0.3, 0.4) is 0 Å². The van der Waals surface area contributed by atoms with Crippen LogP contribution in [0, 0.1) is 0 Å². The third kappa shape index (κ3) is 5.47. The van der Waals surface area contributed by atoms with E-state index in [-0.39, 0.29) is 30.7 Å². The van der Waals surface area contributed by atoms with Crippen LogP contribution in [0.1, 0.15) is 55.5 Å². The summed E-state index contributed by atoms with van der Waals surface area (Å²) in [6, 6.07) is 9.33. The molecule has 0 unspecified atom stereocenters. The number of hydrogen-bond acceptors (Lipinski definition) is 7. The second kappa shape index (κ2) is 9.92. The number of carbonyl (C=O) groups is 2. The molecule has 4 heterocycles. The summed E-state index contributed by atoms with van der Waals surface area (Å²) in [6.07, 6.45) is -1.37. The molecule has 40 heavy (non-hydrogen) atoms. The van der Waals surface area contributed by atoms with Gasteiger partial charge < -0.3 is 14.2 Å². The number of amides is 1. The summed E-state index contributed by atoms with van der Waals surface area (Å²) in [5.41, 5.74) is 1.25. The molecular formula is C28H26F3N5O4. The maximum absolute atomic E-state index is 13.5. The maximum atomic E-state index is 13.5. The fraction of sp³-hybridized carbons (Fsp3) is 0.321. The van der Waals surface area contributed by atoms with Gasteiger partial charge in [0.2, 0.25) is 0 Å². The minimum Gasteiger partial charge on any atom is -0.460 e. The smallest absolute Gasteiger partial charge is 0.416 e. The lowest BCUT2D eigenvalue weighted by Crippen LogP contribution is -2.42. The van der Waals surface area contributed by atoms with Crippen LogP contribution in [-0.4, -0.2) is 43.9 Å². The van der Waals surface area contributed by atoms with E-state index in [9.17, 15) is 22.8 Å². The van der Waals surface area contributed by atoms with Crippen LogP contribution in [-0.2, 0) is 22.1 Å². The van der Waals surface area contributed by atoms with Gasteiger partial charge in [0.05, 0.1) is 35.5 Å². The molecule has 1 aliphatic heterocycles. The Morgan fingerprint density at radius 3 is 2.45 bits per heavy atom. The van der Waals surface area contributed by atoms with Gasteiger partial charge in [-0.15, -0.1) is 0 Å². The molecule has 1 amide bonds. The largest absolute Gasteiger partial charge is 0.460 e. The quantitative estimate of drug-likeness (QED) is 0.291.